The number of hydrogen-bond donors (Lipinski definition) is 2. The summed E-state index contributed by atoms with van der Waals surface area (Å²) in [4.78, 5) is 3.27. The minimum atomic E-state index is 0.987. The molecule has 0 aliphatic heterocycles. The molecule has 0 saturated heterocycles. The standard InChI is InChI=1S/C16H22N2/c1-2-5-13(4-1)8-10-17-12-14-6-3-7-16-15(14)9-11-18-16/h3,6-7,9,11,13,17-18H,1-2,4-5,8,10,12H2. The molecule has 1 aromatic heterocycles. The van der Waals surface area contributed by atoms with Crippen molar-refractivity contribution in [1.29, 1.82) is 0 Å². The highest BCUT2D eigenvalue weighted by Crippen LogP contribution is 2.27. The van der Waals surface area contributed by atoms with Crippen LogP contribution in [0.15, 0.2) is 30.5 Å². The monoisotopic (exact) mass is 242 g/mol. The smallest absolute Gasteiger partial charge is 0.0457 e. The quantitative estimate of drug-likeness (QED) is 0.766. The molecular weight excluding hydrogens is 220 g/mol. The van der Waals surface area contributed by atoms with E-state index in [1.165, 1.54) is 48.6 Å². The van der Waals surface area contributed by atoms with Crippen molar-refractivity contribution in [2.24, 2.45) is 5.92 Å². The van der Waals surface area contributed by atoms with Crippen LogP contribution < -0.4 is 5.32 Å². The second-order valence-electron chi connectivity index (χ2n) is 5.47. The van der Waals surface area contributed by atoms with Gasteiger partial charge in [-0.2, -0.15) is 0 Å². The van der Waals surface area contributed by atoms with Crippen LogP contribution in [0.4, 0.5) is 0 Å². The van der Waals surface area contributed by atoms with E-state index in [0.717, 1.165) is 19.0 Å². The van der Waals surface area contributed by atoms with Crippen LogP contribution in [0.5, 0.6) is 0 Å². The van der Waals surface area contributed by atoms with Crippen LogP contribution >= 0.6 is 0 Å². The fraction of sp³-hybridized carbons (Fsp3) is 0.500. The lowest BCUT2D eigenvalue weighted by molar-refractivity contribution is 0.478. The van der Waals surface area contributed by atoms with Gasteiger partial charge in [0.1, 0.15) is 0 Å². The molecule has 2 N–H and O–H groups in total. The van der Waals surface area contributed by atoms with Crippen molar-refractivity contribution < 1.29 is 0 Å². The Morgan fingerprint density at radius 3 is 2.94 bits per heavy atom. The lowest BCUT2D eigenvalue weighted by atomic mass is 10.0. The Hall–Kier alpha value is -1.28. The molecule has 1 heterocycles. The van der Waals surface area contributed by atoms with Crippen molar-refractivity contribution in [3.63, 3.8) is 0 Å². The van der Waals surface area contributed by atoms with Crippen LogP contribution in [0.1, 0.15) is 37.7 Å². The molecule has 1 saturated carbocycles. The molecule has 2 heteroatoms. The predicted molar refractivity (Wildman–Crippen MR) is 76.6 cm³/mol. The summed E-state index contributed by atoms with van der Waals surface area (Å²) in [6.45, 7) is 2.15. The summed E-state index contributed by atoms with van der Waals surface area (Å²) in [5.41, 5.74) is 2.64. The summed E-state index contributed by atoms with van der Waals surface area (Å²) in [6.07, 6.45) is 9.18. The van der Waals surface area contributed by atoms with Gasteiger partial charge in [-0.05, 0) is 36.6 Å². The normalized spacial score (nSPS) is 16.7. The van der Waals surface area contributed by atoms with Gasteiger partial charge in [0.25, 0.3) is 0 Å². The van der Waals surface area contributed by atoms with Crippen molar-refractivity contribution in [3.8, 4) is 0 Å². The summed E-state index contributed by atoms with van der Waals surface area (Å²) in [5.74, 6) is 0.987. The highest BCUT2D eigenvalue weighted by molar-refractivity contribution is 5.82. The number of rotatable bonds is 5. The van der Waals surface area contributed by atoms with Crippen molar-refractivity contribution in [2.75, 3.05) is 6.54 Å². The van der Waals surface area contributed by atoms with Gasteiger partial charge in [0.15, 0.2) is 0 Å². The Labute approximate surface area is 109 Å². The van der Waals surface area contributed by atoms with Crippen molar-refractivity contribution >= 4 is 10.9 Å². The van der Waals surface area contributed by atoms with E-state index in [1.54, 1.807) is 0 Å². The van der Waals surface area contributed by atoms with Gasteiger partial charge in [0.05, 0.1) is 0 Å². The molecule has 3 rings (SSSR count). The maximum absolute atomic E-state index is 3.60. The Balaban J connectivity index is 1.51. The summed E-state index contributed by atoms with van der Waals surface area (Å²) in [5, 5.41) is 4.95. The van der Waals surface area contributed by atoms with Crippen LogP contribution in [0.25, 0.3) is 10.9 Å². The summed E-state index contributed by atoms with van der Waals surface area (Å²) in [7, 11) is 0. The zero-order valence-electron chi connectivity index (χ0n) is 10.9. The largest absolute Gasteiger partial charge is 0.361 e. The molecule has 0 spiro atoms. The minimum absolute atomic E-state index is 0.987. The molecular formula is C16H22N2. The van der Waals surface area contributed by atoms with E-state index in [4.69, 9.17) is 0 Å². The molecule has 1 aromatic carbocycles. The first kappa shape index (κ1) is 11.8. The van der Waals surface area contributed by atoms with E-state index < -0.39 is 0 Å². The maximum Gasteiger partial charge on any atom is 0.0457 e. The van der Waals surface area contributed by atoms with E-state index >= 15 is 0 Å². The average Bonchev–Trinajstić information content (AvgIpc) is 3.05. The Morgan fingerprint density at radius 1 is 1.17 bits per heavy atom. The highest BCUT2D eigenvalue weighted by atomic mass is 14.8. The van der Waals surface area contributed by atoms with Gasteiger partial charge in [-0.1, -0.05) is 37.8 Å². The fourth-order valence-corrected chi connectivity index (χ4v) is 3.13. The average molecular weight is 242 g/mol. The van der Waals surface area contributed by atoms with Crippen molar-refractivity contribution in [3.05, 3.63) is 36.0 Å². The molecule has 2 nitrogen and oxygen atoms in total. The Morgan fingerprint density at radius 2 is 2.06 bits per heavy atom. The highest BCUT2D eigenvalue weighted by Gasteiger charge is 2.13. The SMILES string of the molecule is c1cc(CNCCC2CCCC2)c2cc[nH]c2c1. The van der Waals surface area contributed by atoms with E-state index in [-0.39, 0.29) is 0 Å². The summed E-state index contributed by atoms with van der Waals surface area (Å²) < 4.78 is 0. The van der Waals surface area contributed by atoms with Crippen LogP contribution in [-0.4, -0.2) is 11.5 Å². The van der Waals surface area contributed by atoms with Crippen molar-refractivity contribution in [2.45, 2.75) is 38.6 Å². The molecule has 18 heavy (non-hydrogen) atoms. The van der Waals surface area contributed by atoms with E-state index in [2.05, 4.69) is 34.6 Å². The van der Waals surface area contributed by atoms with Gasteiger partial charge < -0.3 is 10.3 Å². The van der Waals surface area contributed by atoms with Gasteiger partial charge in [0, 0.05) is 23.6 Å². The lowest BCUT2D eigenvalue weighted by Crippen LogP contribution is -2.17. The van der Waals surface area contributed by atoms with Gasteiger partial charge >= 0.3 is 0 Å². The number of benzene rings is 1. The second kappa shape index (κ2) is 5.57. The molecule has 0 unspecified atom stereocenters. The minimum Gasteiger partial charge on any atom is -0.361 e. The maximum atomic E-state index is 3.60. The van der Waals surface area contributed by atoms with E-state index in [0.29, 0.717) is 0 Å². The molecule has 96 valence electrons. The number of nitrogens with one attached hydrogen (secondary N) is 2. The number of aromatic nitrogens is 1. The second-order valence-corrected chi connectivity index (χ2v) is 5.47. The molecule has 0 radical (unpaired) electrons. The van der Waals surface area contributed by atoms with Gasteiger partial charge in [-0.15, -0.1) is 0 Å². The molecule has 1 fully saturated rings. The molecule has 2 aromatic rings. The van der Waals surface area contributed by atoms with Gasteiger partial charge in [-0.25, -0.2) is 0 Å². The van der Waals surface area contributed by atoms with Gasteiger partial charge in [0.2, 0.25) is 0 Å². The Kier molecular flexibility index (Phi) is 3.65. The first-order valence-corrected chi connectivity index (χ1v) is 7.19. The molecule has 1 aliphatic rings. The first-order valence-electron chi connectivity index (χ1n) is 7.19. The van der Waals surface area contributed by atoms with E-state index in [9.17, 15) is 0 Å². The van der Waals surface area contributed by atoms with Crippen molar-refractivity contribution in [1.82, 2.24) is 10.3 Å². The number of fused-ring (bicyclic) bond motifs is 1. The number of aromatic amines is 1. The molecule has 0 bridgehead atoms. The van der Waals surface area contributed by atoms with Crippen LogP contribution in [0.3, 0.4) is 0 Å². The number of hydrogen-bond acceptors (Lipinski definition) is 1. The zero-order valence-corrected chi connectivity index (χ0v) is 10.9. The third-order valence-electron chi connectivity index (χ3n) is 4.20. The van der Waals surface area contributed by atoms with Crippen LogP contribution in [0.2, 0.25) is 0 Å². The third kappa shape index (κ3) is 2.59. The fourth-order valence-electron chi connectivity index (χ4n) is 3.13. The third-order valence-corrected chi connectivity index (χ3v) is 4.20. The molecule has 1 aliphatic carbocycles. The number of H-pyrrole nitrogens is 1. The first-order chi connectivity index (χ1) is 8.93. The molecule has 0 amide bonds. The summed E-state index contributed by atoms with van der Waals surface area (Å²) in [6, 6.07) is 8.66. The topological polar surface area (TPSA) is 27.8 Å². The Bertz CT molecular complexity index is 495. The van der Waals surface area contributed by atoms with Crippen LogP contribution in [-0.2, 0) is 6.54 Å². The molecule has 0 atom stereocenters. The van der Waals surface area contributed by atoms with E-state index in [1.807, 2.05) is 6.20 Å². The summed E-state index contributed by atoms with van der Waals surface area (Å²) >= 11 is 0. The lowest BCUT2D eigenvalue weighted by Gasteiger charge is -2.10. The zero-order chi connectivity index (χ0) is 12.2. The van der Waals surface area contributed by atoms with Gasteiger partial charge in [-0.3, -0.25) is 0 Å². The predicted octanol–water partition coefficient (Wildman–Crippen LogP) is 3.84. The van der Waals surface area contributed by atoms with Crippen LogP contribution in [0, 0.1) is 5.92 Å².